The summed E-state index contributed by atoms with van der Waals surface area (Å²) < 4.78 is 0. The van der Waals surface area contributed by atoms with Gasteiger partial charge in [0.05, 0.1) is 0 Å². The predicted octanol–water partition coefficient (Wildman–Crippen LogP) is 3.65. The molecule has 1 saturated carbocycles. The fraction of sp³-hybridized carbons (Fsp3) is 1.00. The van der Waals surface area contributed by atoms with E-state index in [1.165, 1.54) is 37.9 Å². The Morgan fingerprint density at radius 2 is 2.07 bits per heavy atom. The van der Waals surface area contributed by atoms with E-state index in [1.54, 1.807) is 0 Å². The van der Waals surface area contributed by atoms with Gasteiger partial charge in [0.2, 0.25) is 0 Å². The molecule has 1 aliphatic carbocycles. The van der Waals surface area contributed by atoms with Crippen molar-refractivity contribution in [2.45, 2.75) is 58.9 Å². The topological polar surface area (TPSA) is 12.0 Å². The number of rotatable bonds is 8. The first-order valence-electron chi connectivity index (χ1n) is 5.95. The van der Waals surface area contributed by atoms with Crippen molar-refractivity contribution < 1.29 is 0 Å². The maximum absolute atomic E-state index is 3.55. The molecule has 0 aliphatic heterocycles. The van der Waals surface area contributed by atoms with Gasteiger partial charge in [-0.25, -0.2) is 0 Å². The molecule has 0 bridgehead atoms. The summed E-state index contributed by atoms with van der Waals surface area (Å²) in [4.78, 5) is 0. The molecule has 1 aliphatic rings. The van der Waals surface area contributed by atoms with E-state index in [2.05, 4.69) is 37.8 Å². The van der Waals surface area contributed by atoms with Gasteiger partial charge in [0.15, 0.2) is 0 Å². The van der Waals surface area contributed by atoms with E-state index < -0.39 is 0 Å². The van der Waals surface area contributed by atoms with Crippen LogP contribution in [0.5, 0.6) is 0 Å². The number of thioether (sulfide) groups is 1. The molecule has 0 unspecified atom stereocenters. The van der Waals surface area contributed by atoms with Gasteiger partial charge in [0.25, 0.3) is 0 Å². The molecule has 14 heavy (non-hydrogen) atoms. The minimum Gasteiger partial charge on any atom is -0.305 e. The Labute approximate surface area is 93.4 Å². The number of nitrogens with one attached hydrogen (secondary N) is 1. The molecule has 84 valence electrons. The molecule has 0 amide bonds. The van der Waals surface area contributed by atoms with E-state index in [0.717, 1.165) is 11.9 Å². The fourth-order valence-electron chi connectivity index (χ4n) is 1.52. The minimum absolute atomic E-state index is 0.534. The Morgan fingerprint density at radius 1 is 1.36 bits per heavy atom. The average molecular weight is 215 g/mol. The highest BCUT2D eigenvalue weighted by Crippen LogP contribution is 2.28. The molecule has 0 aromatic carbocycles. The van der Waals surface area contributed by atoms with Gasteiger partial charge in [0.1, 0.15) is 0 Å². The smallest absolute Gasteiger partial charge is 0.0420 e. The molecule has 2 heteroatoms. The zero-order valence-electron chi connectivity index (χ0n) is 9.94. The molecular formula is C12H25NS. The maximum atomic E-state index is 3.55. The highest BCUT2D eigenvalue weighted by Gasteiger charge is 2.21. The molecule has 1 fully saturated rings. The van der Waals surface area contributed by atoms with Gasteiger partial charge in [-0.3, -0.25) is 0 Å². The lowest BCUT2D eigenvalue weighted by Crippen LogP contribution is -2.20. The number of unbranched alkanes of at least 4 members (excludes halogenated alkanes) is 1. The zero-order valence-corrected chi connectivity index (χ0v) is 10.8. The fourth-order valence-corrected chi connectivity index (χ4v) is 2.67. The van der Waals surface area contributed by atoms with E-state index in [4.69, 9.17) is 0 Å². The van der Waals surface area contributed by atoms with Crippen LogP contribution in [0.25, 0.3) is 0 Å². The van der Waals surface area contributed by atoms with Crippen LogP contribution >= 0.6 is 11.8 Å². The van der Waals surface area contributed by atoms with E-state index in [0.29, 0.717) is 5.41 Å². The average Bonchev–Trinajstić information content (AvgIpc) is 2.93. The van der Waals surface area contributed by atoms with Gasteiger partial charge in [-0.2, -0.15) is 0 Å². The van der Waals surface area contributed by atoms with E-state index >= 15 is 0 Å². The second kappa shape index (κ2) is 6.02. The van der Waals surface area contributed by atoms with Crippen LogP contribution < -0.4 is 5.32 Å². The van der Waals surface area contributed by atoms with Crippen molar-refractivity contribution in [1.82, 2.24) is 5.32 Å². The highest BCUT2D eigenvalue weighted by atomic mass is 32.2. The standard InChI is InChI=1S/C12H25NS/c1-4-5-8-12(2,3)9-14-10-13-11-6-7-11/h11,13H,4-10H2,1-3H3. The second-order valence-corrected chi connectivity index (χ2v) is 6.22. The third kappa shape index (κ3) is 5.92. The summed E-state index contributed by atoms with van der Waals surface area (Å²) in [6, 6.07) is 0.862. The summed E-state index contributed by atoms with van der Waals surface area (Å²) in [6.45, 7) is 7.07. The number of hydrogen-bond acceptors (Lipinski definition) is 2. The summed E-state index contributed by atoms with van der Waals surface area (Å²) in [5.74, 6) is 2.45. The van der Waals surface area contributed by atoms with Crippen LogP contribution in [-0.4, -0.2) is 17.7 Å². The Kier molecular flexibility index (Phi) is 5.32. The minimum atomic E-state index is 0.534. The van der Waals surface area contributed by atoms with Crippen LogP contribution in [-0.2, 0) is 0 Å². The van der Waals surface area contributed by atoms with Crippen molar-refractivity contribution in [2.75, 3.05) is 11.6 Å². The molecule has 1 nitrogen and oxygen atoms in total. The zero-order chi connectivity index (χ0) is 10.4. The van der Waals surface area contributed by atoms with Crippen molar-refractivity contribution in [3.63, 3.8) is 0 Å². The van der Waals surface area contributed by atoms with Crippen molar-refractivity contribution in [1.29, 1.82) is 0 Å². The molecule has 0 atom stereocenters. The van der Waals surface area contributed by atoms with Gasteiger partial charge in [-0.15, -0.1) is 11.8 Å². The SMILES string of the molecule is CCCCC(C)(C)CSCNC1CC1. The van der Waals surface area contributed by atoms with Crippen molar-refractivity contribution in [2.24, 2.45) is 5.41 Å². The summed E-state index contributed by atoms with van der Waals surface area (Å²) in [6.07, 6.45) is 6.89. The first-order chi connectivity index (χ1) is 6.64. The van der Waals surface area contributed by atoms with E-state index in [1.807, 2.05) is 0 Å². The van der Waals surface area contributed by atoms with Gasteiger partial charge >= 0.3 is 0 Å². The largest absolute Gasteiger partial charge is 0.305 e. The van der Waals surface area contributed by atoms with Crippen LogP contribution in [0.1, 0.15) is 52.9 Å². The molecule has 0 saturated heterocycles. The molecular weight excluding hydrogens is 190 g/mol. The highest BCUT2D eigenvalue weighted by molar-refractivity contribution is 7.99. The van der Waals surface area contributed by atoms with Gasteiger partial charge < -0.3 is 5.32 Å². The van der Waals surface area contributed by atoms with Crippen LogP contribution in [0.4, 0.5) is 0 Å². The Bertz CT molecular complexity index is 152. The van der Waals surface area contributed by atoms with Crippen LogP contribution in [0.15, 0.2) is 0 Å². The molecule has 0 aromatic rings. The summed E-state index contributed by atoms with van der Waals surface area (Å²) in [7, 11) is 0. The molecule has 0 heterocycles. The Morgan fingerprint density at radius 3 is 2.64 bits per heavy atom. The van der Waals surface area contributed by atoms with Crippen LogP contribution in [0.3, 0.4) is 0 Å². The monoisotopic (exact) mass is 215 g/mol. The van der Waals surface area contributed by atoms with E-state index in [-0.39, 0.29) is 0 Å². The Hall–Kier alpha value is 0.310. The first-order valence-corrected chi connectivity index (χ1v) is 7.10. The van der Waals surface area contributed by atoms with Crippen molar-refractivity contribution >= 4 is 11.8 Å². The van der Waals surface area contributed by atoms with Crippen LogP contribution in [0, 0.1) is 5.41 Å². The molecule has 1 N–H and O–H groups in total. The van der Waals surface area contributed by atoms with E-state index in [9.17, 15) is 0 Å². The third-order valence-corrected chi connectivity index (χ3v) is 4.11. The molecule has 0 radical (unpaired) electrons. The molecule has 0 spiro atoms. The lowest BCUT2D eigenvalue weighted by Gasteiger charge is -2.23. The predicted molar refractivity (Wildman–Crippen MR) is 66.8 cm³/mol. The normalized spacial score (nSPS) is 17.4. The lowest BCUT2D eigenvalue weighted by molar-refractivity contribution is 0.372. The molecule has 1 rings (SSSR count). The van der Waals surface area contributed by atoms with Gasteiger partial charge in [-0.05, 0) is 30.4 Å². The number of hydrogen-bond donors (Lipinski definition) is 1. The third-order valence-electron chi connectivity index (χ3n) is 2.75. The summed E-state index contributed by atoms with van der Waals surface area (Å²) in [5.41, 5.74) is 0.534. The van der Waals surface area contributed by atoms with Gasteiger partial charge in [0, 0.05) is 11.9 Å². The summed E-state index contributed by atoms with van der Waals surface area (Å²) in [5, 5.41) is 3.55. The second-order valence-electron chi connectivity index (χ2n) is 5.24. The van der Waals surface area contributed by atoms with Crippen molar-refractivity contribution in [3.05, 3.63) is 0 Å². The quantitative estimate of drug-likeness (QED) is 0.490. The first kappa shape index (κ1) is 12.4. The summed E-state index contributed by atoms with van der Waals surface area (Å²) >= 11 is 2.07. The van der Waals surface area contributed by atoms with Crippen LogP contribution in [0.2, 0.25) is 0 Å². The van der Waals surface area contributed by atoms with Crippen molar-refractivity contribution in [3.8, 4) is 0 Å². The van der Waals surface area contributed by atoms with Gasteiger partial charge in [-0.1, -0.05) is 33.6 Å². The lowest BCUT2D eigenvalue weighted by atomic mass is 9.90. The maximum Gasteiger partial charge on any atom is 0.0420 e. The Balaban J connectivity index is 1.96. The molecule has 0 aromatic heterocycles.